The molecule has 0 fully saturated rings. The van der Waals surface area contributed by atoms with Gasteiger partial charge in [0.25, 0.3) is 0 Å². The number of rotatable bonds is 4. The van der Waals surface area contributed by atoms with Gasteiger partial charge < -0.3 is 9.88 Å². The van der Waals surface area contributed by atoms with E-state index in [1.165, 1.54) is 4.80 Å². The molecule has 23 heavy (non-hydrogen) atoms. The second-order valence-corrected chi connectivity index (χ2v) is 5.40. The van der Waals surface area contributed by atoms with Crippen LogP contribution in [0.2, 0.25) is 0 Å². The van der Waals surface area contributed by atoms with Gasteiger partial charge in [0.15, 0.2) is 0 Å². The highest BCUT2D eigenvalue weighted by molar-refractivity contribution is 5.94. The molecule has 0 atom stereocenters. The van der Waals surface area contributed by atoms with Crippen molar-refractivity contribution < 1.29 is 4.79 Å². The molecule has 7 heteroatoms. The smallest absolute Gasteiger partial charge is 0.244 e. The zero-order chi connectivity index (χ0) is 16.4. The van der Waals surface area contributed by atoms with E-state index in [0.29, 0.717) is 11.5 Å². The van der Waals surface area contributed by atoms with Gasteiger partial charge in [-0.2, -0.15) is 4.80 Å². The topological polar surface area (TPSA) is 77.6 Å². The summed E-state index contributed by atoms with van der Waals surface area (Å²) in [5.74, 6) is 0.389. The molecule has 2 heterocycles. The molecule has 3 aromatic rings. The molecule has 1 aromatic carbocycles. The molecule has 1 N–H and O–H groups in total. The Morgan fingerprint density at radius 1 is 1.13 bits per heavy atom. The average Bonchev–Trinajstić information content (AvgIpc) is 3.08. The molecule has 0 saturated heterocycles. The lowest BCUT2D eigenvalue weighted by atomic mass is 10.1. The number of hydrogen-bond donors (Lipinski definition) is 1. The van der Waals surface area contributed by atoms with Gasteiger partial charge in [-0.1, -0.05) is 12.1 Å². The maximum absolute atomic E-state index is 12.4. The molecule has 0 bridgehead atoms. The predicted molar refractivity (Wildman–Crippen MR) is 86.8 cm³/mol. The van der Waals surface area contributed by atoms with E-state index in [-0.39, 0.29) is 12.5 Å². The van der Waals surface area contributed by atoms with E-state index in [0.717, 1.165) is 17.0 Å². The van der Waals surface area contributed by atoms with Crippen molar-refractivity contribution in [2.24, 2.45) is 7.05 Å². The third kappa shape index (κ3) is 3.13. The average molecular weight is 310 g/mol. The van der Waals surface area contributed by atoms with Gasteiger partial charge in [-0.15, -0.1) is 10.2 Å². The maximum Gasteiger partial charge on any atom is 0.244 e. The number of nitrogens with one attached hydrogen (secondary N) is 1. The lowest BCUT2D eigenvalue weighted by molar-refractivity contribution is -0.116. The fourth-order valence-electron chi connectivity index (χ4n) is 2.46. The highest BCUT2D eigenvalue weighted by atomic mass is 16.1. The van der Waals surface area contributed by atoms with Crippen LogP contribution < -0.4 is 5.32 Å². The quantitative estimate of drug-likeness (QED) is 0.799. The molecule has 7 nitrogen and oxygen atoms in total. The first-order chi connectivity index (χ1) is 11.0. The number of nitrogens with zero attached hydrogens (tertiary/aromatic N) is 5. The number of hydrogen-bond acceptors (Lipinski definition) is 4. The van der Waals surface area contributed by atoms with E-state index in [1.807, 2.05) is 54.8 Å². The summed E-state index contributed by atoms with van der Waals surface area (Å²) >= 11 is 0. The number of benzene rings is 1. The Bertz CT molecular complexity index is 828. The Labute approximate surface area is 133 Å². The van der Waals surface area contributed by atoms with Crippen molar-refractivity contribution in [2.75, 3.05) is 5.32 Å². The summed E-state index contributed by atoms with van der Waals surface area (Å²) in [5, 5.41) is 15.0. The number of anilines is 1. The molecule has 0 radical (unpaired) electrons. The summed E-state index contributed by atoms with van der Waals surface area (Å²) < 4.78 is 1.97. The third-order valence-electron chi connectivity index (χ3n) is 3.67. The highest BCUT2D eigenvalue weighted by Crippen LogP contribution is 2.24. The van der Waals surface area contributed by atoms with Crippen molar-refractivity contribution >= 4 is 11.6 Å². The van der Waals surface area contributed by atoms with Crippen LogP contribution in [0.25, 0.3) is 11.4 Å². The Balaban J connectivity index is 1.82. The van der Waals surface area contributed by atoms with Crippen LogP contribution in [-0.2, 0) is 18.4 Å². The van der Waals surface area contributed by atoms with Crippen molar-refractivity contribution in [1.29, 1.82) is 0 Å². The third-order valence-corrected chi connectivity index (χ3v) is 3.67. The van der Waals surface area contributed by atoms with Gasteiger partial charge in [0.2, 0.25) is 11.7 Å². The Kier molecular flexibility index (Phi) is 3.92. The van der Waals surface area contributed by atoms with E-state index >= 15 is 0 Å². The minimum absolute atomic E-state index is 0.0938. The van der Waals surface area contributed by atoms with Gasteiger partial charge in [0, 0.05) is 17.0 Å². The van der Waals surface area contributed by atoms with Crippen LogP contribution in [0.4, 0.5) is 5.69 Å². The van der Waals surface area contributed by atoms with E-state index in [4.69, 9.17) is 0 Å². The largest absolute Gasteiger partial charge is 0.340 e. The number of amides is 1. The molecule has 0 saturated carbocycles. The summed E-state index contributed by atoms with van der Waals surface area (Å²) in [7, 11) is 1.70. The maximum atomic E-state index is 12.4. The molecule has 0 aliphatic heterocycles. The van der Waals surface area contributed by atoms with Crippen LogP contribution in [0.3, 0.4) is 0 Å². The number of tetrazole rings is 1. The lowest BCUT2D eigenvalue weighted by Crippen LogP contribution is -2.20. The predicted octanol–water partition coefficient (Wildman–Crippen LogP) is 1.93. The SMILES string of the molecule is Cc1ccc(C)n1CC(=O)Nc1ccccc1-c1nnn(C)n1. The van der Waals surface area contributed by atoms with Crippen LogP contribution >= 0.6 is 0 Å². The summed E-state index contributed by atoms with van der Waals surface area (Å²) in [6, 6.07) is 11.4. The van der Waals surface area contributed by atoms with Gasteiger partial charge in [0.1, 0.15) is 6.54 Å². The van der Waals surface area contributed by atoms with Crippen LogP contribution in [0.5, 0.6) is 0 Å². The summed E-state index contributed by atoms with van der Waals surface area (Å²) in [4.78, 5) is 13.8. The Morgan fingerprint density at radius 3 is 2.48 bits per heavy atom. The van der Waals surface area contributed by atoms with Crippen molar-refractivity contribution in [3.63, 3.8) is 0 Å². The zero-order valence-corrected chi connectivity index (χ0v) is 13.3. The first-order valence-electron chi connectivity index (χ1n) is 7.30. The molecular formula is C16H18N6O. The van der Waals surface area contributed by atoms with Gasteiger partial charge >= 0.3 is 0 Å². The van der Waals surface area contributed by atoms with Gasteiger partial charge in [0.05, 0.1) is 12.7 Å². The van der Waals surface area contributed by atoms with Gasteiger partial charge in [-0.3, -0.25) is 4.79 Å². The second kappa shape index (κ2) is 6.04. The van der Waals surface area contributed by atoms with Crippen molar-refractivity contribution in [2.45, 2.75) is 20.4 Å². The van der Waals surface area contributed by atoms with Crippen LogP contribution in [0.15, 0.2) is 36.4 Å². The van der Waals surface area contributed by atoms with Gasteiger partial charge in [-0.25, -0.2) is 0 Å². The van der Waals surface area contributed by atoms with Gasteiger partial charge in [-0.05, 0) is 43.3 Å². The zero-order valence-electron chi connectivity index (χ0n) is 13.3. The van der Waals surface area contributed by atoms with Crippen molar-refractivity contribution in [1.82, 2.24) is 24.8 Å². The Hall–Kier alpha value is -2.96. The van der Waals surface area contributed by atoms with E-state index in [2.05, 4.69) is 20.7 Å². The number of aryl methyl sites for hydroxylation is 3. The van der Waals surface area contributed by atoms with E-state index < -0.39 is 0 Å². The molecule has 118 valence electrons. The molecule has 0 aliphatic rings. The monoisotopic (exact) mass is 310 g/mol. The fraction of sp³-hybridized carbons (Fsp3) is 0.250. The number of para-hydroxylation sites is 1. The van der Waals surface area contributed by atoms with Crippen LogP contribution in [-0.4, -0.2) is 30.7 Å². The molecule has 0 spiro atoms. The first-order valence-corrected chi connectivity index (χ1v) is 7.30. The first kappa shape index (κ1) is 15.0. The standard InChI is InChI=1S/C16H18N6O/c1-11-8-9-12(2)22(11)10-15(23)17-14-7-5-4-6-13(14)16-18-20-21(3)19-16/h4-9H,10H2,1-3H3,(H,17,23). The second-order valence-electron chi connectivity index (χ2n) is 5.40. The van der Waals surface area contributed by atoms with Crippen molar-refractivity contribution in [3.8, 4) is 11.4 Å². The minimum atomic E-state index is -0.0938. The molecule has 3 rings (SSSR count). The lowest BCUT2D eigenvalue weighted by Gasteiger charge is -2.11. The molecular weight excluding hydrogens is 292 g/mol. The molecule has 2 aromatic heterocycles. The van der Waals surface area contributed by atoms with Crippen LogP contribution in [0.1, 0.15) is 11.4 Å². The summed E-state index contributed by atoms with van der Waals surface area (Å²) in [5.41, 5.74) is 3.53. The van der Waals surface area contributed by atoms with Crippen molar-refractivity contribution in [3.05, 3.63) is 47.8 Å². The van der Waals surface area contributed by atoms with E-state index in [1.54, 1.807) is 7.05 Å². The number of carbonyl (C=O) groups excluding carboxylic acids is 1. The molecule has 1 amide bonds. The van der Waals surface area contributed by atoms with Crippen LogP contribution in [0, 0.1) is 13.8 Å². The fourth-order valence-corrected chi connectivity index (χ4v) is 2.46. The highest BCUT2D eigenvalue weighted by Gasteiger charge is 2.13. The number of carbonyl (C=O) groups is 1. The normalized spacial score (nSPS) is 10.7. The molecule has 0 aliphatic carbocycles. The summed E-state index contributed by atoms with van der Waals surface area (Å²) in [6.45, 7) is 4.24. The molecule has 0 unspecified atom stereocenters. The van der Waals surface area contributed by atoms with E-state index in [9.17, 15) is 4.79 Å². The number of aromatic nitrogens is 5. The Morgan fingerprint density at radius 2 is 1.83 bits per heavy atom. The minimum Gasteiger partial charge on any atom is -0.340 e. The summed E-state index contributed by atoms with van der Waals surface area (Å²) in [6.07, 6.45) is 0.